The van der Waals surface area contributed by atoms with Crippen molar-refractivity contribution < 1.29 is 4.74 Å². The van der Waals surface area contributed by atoms with Gasteiger partial charge in [0.15, 0.2) is 12.4 Å². The Bertz CT molecular complexity index is 627. The molecule has 19 heavy (non-hydrogen) atoms. The summed E-state index contributed by atoms with van der Waals surface area (Å²) in [4.78, 5) is 7.74. The smallest absolute Gasteiger partial charge is 0.224 e. The molecule has 2 rings (SSSR count). The van der Waals surface area contributed by atoms with Gasteiger partial charge in [0.1, 0.15) is 16.8 Å². The Labute approximate surface area is 119 Å². The number of anilines is 2. The topological polar surface area (TPSA) is 70.8 Å². The van der Waals surface area contributed by atoms with Gasteiger partial charge in [0.2, 0.25) is 5.28 Å². The van der Waals surface area contributed by atoms with E-state index >= 15 is 0 Å². The average Bonchev–Trinajstić information content (AvgIpc) is 2.42. The number of ether oxygens (including phenoxy) is 1. The molecule has 5 nitrogen and oxygen atoms in total. The minimum Gasteiger partial charge on any atom is -0.477 e. The van der Waals surface area contributed by atoms with Crippen LogP contribution >= 0.6 is 23.2 Å². The first-order valence-electron chi connectivity index (χ1n) is 5.24. The van der Waals surface area contributed by atoms with E-state index in [1.54, 1.807) is 18.2 Å². The number of halogens is 2. The lowest BCUT2D eigenvalue weighted by Crippen LogP contribution is -2.00. The average molecular weight is 295 g/mol. The lowest BCUT2D eigenvalue weighted by atomic mass is 10.3. The molecule has 96 valence electrons. The number of nitriles is 1. The van der Waals surface area contributed by atoms with Gasteiger partial charge in [-0.1, -0.05) is 23.7 Å². The number of para-hydroxylation sites is 2. The predicted molar refractivity (Wildman–Crippen MR) is 72.9 cm³/mol. The van der Waals surface area contributed by atoms with E-state index in [0.717, 1.165) is 0 Å². The molecule has 0 saturated carbocycles. The second-order valence-corrected chi connectivity index (χ2v) is 4.15. The van der Waals surface area contributed by atoms with Crippen LogP contribution in [0.1, 0.15) is 0 Å². The second kappa shape index (κ2) is 6.23. The fraction of sp³-hybridized carbons (Fsp3) is 0.0833. The monoisotopic (exact) mass is 294 g/mol. The summed E-state index contributed by atoms with van der Waals surface area (Å²) in [5, 5.41) is 11.9. The SMILES string of the molecule is N#CCOc1ccccc1Nc1nc(Cl)ncc1Cl. The molecule has 0 aliphatic heterocycles. The molecule has 0 saturated heterocycles. The van der Waals surface area contributed by atoms with Gasteiger partial charge in [0.05, 0.1) is 11.9 Å². The summed E-state index contributed by atoms with van der Waals surface area (Å²) in [7, 11) is 0. The van der Waals surface area contributed by atoms with Gasteiger partial charge in [0, 0.05) is 0 Å². The molecule has 0 aliphatic carbocycles. The normalized spacial score (nSPS) is 9.74. The number of nitrogens with one attached hydrogen (secondary N) is 1. The van der Waals surface area contributed by atoms with Crippen LogP contribution in [0.5, 0.6) is 5.75 Å². The van der Waals surface area contributed by atoms with Gasteiger partial charge in [-0.25, -0.2) is 4.98 Å². The van der Waals surface area contributed by atoms with Crippen LogP contribution in [-0.4, -0.2) is 16.6 Å². The Hall–Kier alpha value is -2.03. The molecule has 0 amide bonds. The standard InChI is InChI=1S/C12H8Cl2N4O/c13-8-7-16-12(14)18-11(8)17-9-3-1-2-4-10(9)19-6-5-15/h1-4,7H,6H2,(H,16,17,18). The molecule has 1 N–H and O–H groups in total. The lowest BCUT2D eigenvalue weighted by molar-refractivity contribution is 0.370. The van der Waals surface area contributed by atoms with E-state index in [-0.39, 0.29) is 11.9 Å². The van der Waals surface area contributed by atoms with Crippen LogP contribution in [0.2, 0.25) is 10.3 Å². The largest absolute Gasteiger partial charge is 0.477 e. The van der Waals surface area contributed by atoms with Crippen LogP contribution in [-0.2, 0) is 0 Å². The molecule has 2 aromatic rings. The van der Waals surface area contributed by atoms with Crippen molar-refractivity contribution in [3.63, 3.8) is 0 Å². The van der Waals surface area contributed by atoms with Gasteiger partial charge < -0.3 is 10.1 Å². The van der Waals surface area contributed by atoms with E-state index in [2.05, 4.69) is 15.3 Å². The molecule has 1 heterocycles. The maximum absolute atomic E-state index is 8.53. The maximum Gasteiger partial charge on any atom is 0.224 e. The zero-order valence-corrected chi connectivity index (χ0v) is 11.1. The number of benzene rings is 1. The highest BCUT2D eigenvalue weighted by molar-refractivity contribution is 6.33. The summed E-state index contributed by atoms with van der Waals surface area (Å²) in [6, 6.07) is 9.03. The highest BCUT2D eigenvalue weighted by atomic mass is 35.5. The Morgan fingerprint density at radius 1 is 1.32 bits per heavy atom. The summed E-state index contributed by atoms with van der Waals surface area (Å²) in [6.07, 6.45) is 1.40. The minimum absolute atomic E-state index is 0.0447. The van der Waals surface area contributed by atoms with Crippen molar-refractivity contribution >= 4 is 34.7 Å². The third-order valence-electron chi connectivity index (χ3n) is 2.15. The van der Waals surface area contributed by atoms with Crippen molar-refractivity contribution in [1.29, 1.82) is 5.26 Å². The number of nitrogens with zero attached hydrogens (tertiary/aromatic N) is 3. The van der Waals surface area contributed by atoms with Crippen LogP contribution in [0.3, 0.4) is 0 Å². The van der Waals surface area contributed by atoms with Gasteiger partial charge in [-0.2, -0.15) is 10.2 Å². The Kier molecular flexibility index (Phi) is 4.39. The molecular weight excluding hydrogens is 287 g/mol. The van der Waals surface area contributed by atoms with E-state index in [4.69, 9.17) is 33.2 Å². The molecule has 0 radical (unpaired) electrons. The fourth-order valence-corrected chi connectivity index (χ4v) is 1.64. The molecule has 0 spiro atoms. The zero-order valence-electron chi connectivity index (χ0n) is 9.60. The maximum atomic E-state index is 8.53. The zero-order chi connectivity index (χ0) is 13.7. The molecule has 0 fully saturated rings. The molecule has 0 bridgehead atoms. The van der Waals surface area contributed by atoms with Crippen molar-refractivity contribution in [3.05, 3.63) is 40.8 Å². The van der Waals surface area contributed by atoms with E-state index in [9.17, 15) is 0 Å². The van der Waals surface area contributed by atoms with Crippen molar-refractivity contribution in [2.45, 2.75) is 0 Å². The van der Waals surface area contributed by atoms with Crippen LogP contribution < -0.4 is 10.1 Å². The lowest BCUT2D eigenvalue weighted by Gasteiger charge is -2.11. The molecule has 7 heteroatoms. The molecule has 1 aromatic carbocycles. The Morgan fingerprint density at radius 2 is 2.11 bits per heavy atom. The summed E-state index contributed by atoms with van der Waals surface area (Å²) in [5.74, 6) is 0.893. The van der Waals surface area contributed by atoms with Crippen molar-refractivity contribution in [2.24, 2.45) is 0 Å². The van der Waals surface area contributed by atoms with Gasteiger partial charge in [0.25, 0.3) is 0 Å². The molecular formula is C12H8Cl2N4O. The van der Waals surface area contributed by atoms with Gasteiger partial charge >= 0.3 is 0 Å². The van der Waals surface area contributed by atoms with E-state index in [0.29, 0.717) is 22.3 Å². The number of rotatable bonds is 4. The molecule has 1 aromatic heterocycles. The molecule has 0 atom stereocenters. The first-order chi connectivity index (χ1) is 9.20. The Morgan fingerprint density at radius 3 is 2.89 bits per heavy atom. The summed E-state index contributed by atoms with van der Waals surface area (Å²) in [6.45, 7) is -0.0447. The van der Waals surface area contributed by atoms with Crippen LogP contribution in [0.25, 0.3) is 0 Å². The van der Waals surface area contributed by atoms with Crippen molar-refractivity contribution in [2.75, 3.05) is 11.9 Å². The summed E-state index contributed by atoms with van der Waals surface area (Å²) in [5.41, 5.74) is 0.634. The first-order valence-corrected chi connectivity index (χ1v) is 6.00. The number of hydrogen-bond donors (Lipinski definition) is 1. The highest BCUT2D eigenvalue weighted by Gasteiger charge is 2.08. The van der Waals surface area contributed by atoms with E-state index in [1.807, 2.05) is 12.1 Å². The van der Waals surface area contributed by atoms with Crippen molar-refractivity contribution in [1.82, 2.24) is 9.97 Å². The number of hydrogen-bond acceptors (Lipinski definition) is 5. The summed E-state index contributed by atoms with van der Waals surface area (Å²) >= 11 is 11.7. The minimum atomic E-state index is -0.0447. The quantitative estimate of drug-likeness (QED) is 0.875. The molecule has 0 aliphatic rings. The van der Waals surface area contributed by atoms with Crippen LogP contribution in [0.15, 0.2) is 30.5 Å². The summed E-state index contributed by atoms with van der Waals surface area (Å²) < 4.78 is 5.29. The second-order valence-electron chi connectivity index (χ2n) is 3.40. The van der Waals surface area contributed by atoms with Gasteiger partial charge in [-0.15, -0.1) is 0 Å². The number of aromatic nitrogens is 2. The predicted octanol–water partition coefficient (Wildman–Crippen LogP) is 3.43. The highest BCUT2D eigenvalue weighted by Crippen LogP contribution is 2.29. The van der Waals surface area contributed by atoms with Crippen LogP contribution in [0, 0.1) is 11.3 Å². The van der Waals surface area contributed by atoms with E-state index < -0.39 is 0 Å². The fourth-order valence-electron chi connectivity index (χ4n) is 1.37. The van der Waals surface area contributed by atoms with Crippen LogP contribution in [0.4, 0.5) is 11.5 Å². The third kappa shape index (κ3) is 3.47. The van der Waals surface area contributed by atoms with Gasteiger partial charge in [-0.3, -0.25) is 0 Å². The van der Waals surface area contributed by atoms with Crippen molar-refractivity contribution in [3.8, 4) is 11.8 Å². The van der Waals surface area contributed by atoms with E-state index in [1.165, 1.54) is 6.20 Å². The van der Waals surface area contributed by atoms with Gasteiger partial charge in [-0.05, 0) is 23.7 Å². The molecule has 0 unspecified atom stereocenters. The Balaban J connectivity index is 2.28. The first kappa shape index (κ1) is 13.4. The third-order valence-corrected chi connectivity index (χ3v) is 2.61.